The third kappa shape index (κ3) is 2.67. The summed E-state index contributed by atoms with van der Waals surface area (Å²) < 4.78 is 13.0. The average molecular weight is 219 g/mol. The number of halogens is 1. The largest absolute Gasteiger partial charge is 0.347 e. The Balaban J connectivity index is 1.95. The fraction of sp³-hybridized carbons (Fsp3) is 0.250. The van der Waals surface area contributed by atoms with Crippen LogP contribution < -0.4 is 5.32 Å². The number of nitrogens with one attached hydrogen (secondary N) is 2. The summed E-state index contributed by atoms with van der Waals surface area (Å²) in [7, 11) is 0. The zero-order chi connectivity index (χ0) is 11.4. The van der Waals surface area contributed by atoms with Crippen molar-refractivity contribution in [2.75, 3.05) is 0 Å². The molecular weight excluding hydrogens is 205 g/mol. The van der Waals surface area contributed by atoms with E-state index in [2.05, 4.69) is 15.3 Å². The van der Waals surface area contributed by atoms with Crippen molar-refractivity contribution < 1.29 is 4.39 Å². The van der Waals surface area contributed by atoms with E-state index >= 15 is 0 Å². The molecule has 2 aromatic rings. The number of aromatic nitrogens is 2. The van der Waals surface area contributed by atoms with E-state index < -0.39 is 0 Å². The second kappa shape index (κ2) is 4.90. The van der Waals surface area contributed by atoms with Gasteiger partial charge in [-0.05, 0) is 24.6 Å². The molecule has 16 heavy (non-hydrogen) atoms. The second-order valence-electron chi connectivity index (χ2n) is 3.73. The number of hydrogen-bond donors (Lipinski definition) is 2. The minimum Gasteiger partial charge on any atom is -0.347 e. The molecule has 1 heterocycles. The lowest BCUT2D eigenvalue weighted by Crippen LogP contribution is -2.18. The smallest absolute Gasteiger partial charge is 0.123 e. The lowest BCUT2D eigenvalue weighted by Gasteiger charge is -2.13. The molecule has 0 aliphatic carbocycles. The van der Waals surface area contributed by atoms with Gasteiger partial charge < -0.3 is 10.3 Å². The summed E-state index contributed by atoms with van der Waals surface area (Å²) in [6.07, 6.45) is 3.41. The highest BCUT2D eigenvalue weighted by Gasteiger charge is 2.05. The topological polar surface area (TPSA) is 40.7 Å². The number of imidazole rings is 1. The van der Waals surface area contributed by atoms with Crippen molar-refractivity contribution in [3.63, 3.8) is 0 Å². The summed E-state index contributed by atoms with van der Waals surface area (Å²) in [5.74, 6) is -0.201. The van der Waals surface area contributed by atoms with Crippen LogP contribution in [-0.4, -0.2) is 9.97 Å². The molecule has 2 N–H and O–H groups in total. The summed E-state index contributed by atoms with van der Waals surface area (Å²) in [4.78, 5) is 6.94. The van der Waals surface area contributed by atoms with Crippen molar-refractivity contribution in [2.45, 2.75) is 19.5 Å². The van der Waals surface area contributed by atoms with Gasteiger partial charge in [0.2, 0.25) is 0 Å². The highest BCUT2D eigenvalue weighted by atomic mass is 19.1. The molecule has 0 radical (unpaired) electrons. The van der Waals surface area contributed by atoms with Crippen LogP contribution in [0.2, 0.25) is 0 Å². The van der Waals surface area contributed by atoms with Gasteiger partial charge in [0.25, 0.3) is 0 Å². The van der Waals surface area contributed by atoms with Gasteiger partial charge in [-0.3, -0.25) is 0 Å². The molecule has 0 saturated carbocycles. The van der Waals surface area contributed by atoms with E-state index in [4.69, 9.17) is 0 Å². The lowest BCUT2D eigenvalue weighted by molar-refractivity contribution is 0.560. The van der Waals surface area contributed by atoms with Crippen LogP contribution in [0.5, 0.6) is 0 Å². The van der Waals surface area contributed by atoms with Crippen LogP contribution in [0.25, 0.3) is 0 Å². The Morgan fingerprint density at radius 2 is 2.38 bits per heavy atom. The third-order valence-corrected chi connectivity index (χ3v) is 2.50. The Morgan fingerprint density at radius 1 is 1.50 bits per heavy atom. The monoisotopic (exact) mass is 219 g/mol. The van der Waals surface area contributed by atoms with E-state index in [0.717, 1.165) is 11.3 Å². The highest BCUT2D eigenvalue weighted by Crippen LogP contribution is 2.13. The second-order valence-corrected chi connectivity index (χ2v) is 3.73. The maximum Gasteiger partial charge on any atom is 0.123 e. The van der Waals surface area contributed by atoms with Crippen molar-refractivity contribution in [3.05, 3.63) is 53.9 Å². The number of benzene rings is 1. The summed E-state index contributed by atoms with van der Waals surface area (Å²) in [6, 6.07) is 6.74. The van der Waals surface area contributed by atoms with Crippen LogP contribution in [0, 0.1) is 5.82 Å². The molecule has 0 unspecified atom stereocenters. The average Bonchev–Trinajstić information content (AvgIpc) is 2.78. The number of rotatable bonds is 4. The van der Waals surface area contributed by atoms with Gasteiger partial charge in [0, 0.05) is 24.5 Å². The summed E-state index contributed by atoms with van der Waals surface area (Å²) >= 11 is 0. The number of H-pyrrole nitrogens is 1. The SMILES string of the molecule is C[C@H](NCc1cnc[nH]1)c1cccc(F)c1. The number of aromatic amines is 1. The van der Waals surface area contributed by atoms with E-state index in [-0.39, 0.29) is 11.9 Å². The van der Waals surface area contributed by atoms with Crippen molar-refractivity contribution in [2.24, 2.45) is 0 Å². The van der Waals surface area contributed by atoms with Crippen molar-refractivity contribution in [1.29, 1.82) is 0 Å². The summed E-state index contributed by atoms with van der Waals surface area (Å²) in [5.41, 5.74) is 1.96. The van der Waals surface area contributed by atoms with Crippen molar-refractivity contribution in [3.8, 4) is 0 Å². The quantitative estimate of drug-likeness (QED) is 0.829. The first kappa shape index (κ1) is 10.8. The minimum absolute atomic E-state index is 0.110. The number of hydrogen-bond acceptors (Lipinski definition) is 2. The van der Waals surface area contributed by atoms with E-state index in [1.807, 2.05) is 13.0 Å². The maximum absolute atomic E-state index is 13.0. The van der Waals surface area contributed by atoms with Gasteiger partial charge in [-0.25, -0.2) is 9.37 Å². The molecule has 0 bridgehead atoms. The Kier molecular flexibility index (Phi) is 3.31. The molecule has 84 valence electrons. The molecule has 4 heteroatoms. The molecular formula is C12H14FN3. The van der Waals surface area contributed by atoms with Gasteiger partial charge in [-0.2, -0.15) is 0 Å². The Labute approximate surface area is 93.7 Å². The van der Waals surface area contributed by atoms with E-state index in [9.17, 15) is 4.39 Å². The summed E-state index contributed by atoms with van der Waals surface area (Å²) in [5, 5.41) is 3.29. The first-order valence-corrected chi connectivity index (χ1v) is 5.22. The van der Waals surface area contributed by atoms with Crippen LogP contribution in [0.1, 0.15) is 24.2 Å². The first-order chi connectivity index (χ1) is 7.75. The van der Waals surface area contributed by atoms with Gasteiger partial charge >= 0.3 is 0 Å². The predicted molar refractivity (Wildman–Crippen MR) is 60.2 cm³/mol. The van der Waals surface area contributed by atoms with Crippen LogP contribution in [0.3, 0.4) is 0 Å². The van der Waals surface area contributed by atoms with Crippen LogP contribution >= 0.6 is 0 Å². The number of nitrogens with zero attached hydrogens (tertiary/aromatic N) is 1. The Hall–Kier alpha value is -1.68. The van der Waals surface area contributed by atoms with Gasteiger partial charge in [0.15, 0.2) is 0 Å². The van der Waals surface area contributed by atoms with Gasteiger partial charge in [0.05, 0.1) is 6.33 Å². The van der Waals surface area contributed by atoms with Gasteiger partial charge in [0.1, 0.15) is 5.82 Å². The predicted octanol–water partition coefficient (Wildman–Crippen LogP) is 2.40. The van der Waals surface area contributed by atoms with Gasteiger partial charge in [-0.15, -0.1) is 0 Å². The molecule has 1 aromatic heterocycles. The zero-order valence-electron chi connectivity index (χ0n) is 9.07. The fourth-order valence-electron chi connectivity index (χ4n) is 1.54. The molecule has 0 fully saturated rings. The Morgan fingerprint density at radius 3 is 3.06 bits per heavy atom. The minimum atomic E-state index is -0.201. The van der Waals surface area contributed by atoms with Gasteiger partial charge in [-0.1, -0.05) is 12.1 Å². The molecule has 1 atom stereocenters. The molecule has 0 spiro atoms. The molecule has 1 aromatic carbocycles. The third-order valence-electron chi connectivity index (χ3n) is 2.50. The van der Waals surface area contributed by atoms with Crippen LogP contribution in [0.4, 0.5) is 4.39 Å². The lowest BCUT2D eigenvalue weighted by atomic mass is 10.1. The first-order valence-electron chi connectivity index (χ1n) is 5.22. The van der Waals surface area contributed by atoms with Crippen molar-refractivity contribution in [1.82, 2.24) is 15.3 Å². The Bertz CT molecular complexity index is 439. The maximum atomic E-state index is 13.0. The fourth-order valence-corrected chi connectivity index (χ4v) is 1.54. The molecule has 0 aliphatic heterocycles. The highest BCUT2D eigenvalue weighted by molar-refractivity contribution is 5.19. The van der Waals surface area contributed by atoms with Crippen LogP contribution in [0.15, 0.2) is 36.8 Å². The van der Waals surface area contributed by atoms with E-state index in [0.29, 0.717) is 6.54 Å². The molecule has 2 rings (SSSR count). The zero-order valence-corrected chi connectivity index (χ0v) is 9.07. The normalized spacial score (nSPS) is 12.6. The van der Waals surface area contributed by atoms with Crippen LogP contribution in [-0.2, 0) is 6.54 Å². The van der Waals surface area contributed by atoms with E-state index in [1.54, 1.807) is 24.7 Å². The summed E-state index contributed by atoms with van der Waals surface area (Å²) in [6.45, 7) is 2.70. The molecule has 0 amide bonds. The molecule has 0 saturated heterocycles. The van der Waals surface area contributed by atoms with Crippen molar-refractivity contribution >= 4 is 0 Å². The molecule has 0 aliphatic rings. The molecule has 3 nitrogen and oxygen atoms in total. The van der Waals surface area contributed by atoms with E-state index in [1.165, 1.54) is 6.07 Å². The standard InChI is InChI=1S/C12H14FN3/c1-9(10-3-2-4-11(13)5-10)15-7-12-6-14-8-16-12/h2-6,8-9,15H,7H2,1H3,(H,14,16)/t9-/m0/s1.